The van der Waals surface area contributed by atoms with Crippen LogP contribution in [0.2, 0.25) is 20.5 Å². The molecule has 0 N–H and O–H groups in total. The van der Waals surface area contributed by atoms with Crippen molar-refractivity contribution in [1.29, 1.82) is 0 Å². The SMILES string of the molecule is Cc1nc(Cl)n(-c2ncc(Cl)cc2Cl)c1-c1ccc(Cl)nc1. The molecular formula is C14H8Cl4N4. The molecule has 0 bridgehead atoms. The van der Waals surface area contributed by atoms with Gasteiger partial charge in [0.25, 0.3) is 0 Å². The smallest absolute Gasteiger partial charge is 0.209 e. The highest BCUT2D eigenvalue weighted by Gasteiger charge is 2.19. The minimum absolute atomic E-state index is 0.249. The number of halogens is 4. The Morgan fingerprint density at radius 2 is 1.77 bits per heavy atom. The Balaban J connectivity index is 2.26. The van der Waals surface area contributed by atoms with Crippen molar-refractivity contribution in [2.24, 2.45) is 0 Å². The van der Waals surface area contributed by atoms with Crippen molar-refractivity contribution < 1.29 is 0 Å². The maximum absolute atomic E-state index is 6.25. The molecule has 0 unspecified atom stereocenters. The molecule has 0 aromatic carbocycles. The molecule has 8 heteroatoms. The van der Waals surface area contributed by atoms with Crippen LogP contribution in [-0.2, 0) is 0 Å². The lowest BCUT2D eigenvalue weighted by molar-refractivity contribution is 0.999. The molecule has 3 heterocycles. The van der Waals surface area contributed by atoms with E-state index in [2.05, 4.69) is 15.0 Å². The van der Waals surface area contributed by atoms with Crippen LogP contribution < -0.4 is 0 Å². The lowest BCUT2D eigenvalue weighted by atomic mass is 10.2. The zero-order valence-electron chi connectivity index (χ0n) is 11.2. The van der Waals surface area contributed by atoms with Crippen LogP contribution >= 0.6 is 46.4 Å². The van der Waals surface area contributed by atoms with Gasteiger partial charge < -0.3 is 0 Å². The molecule has 0 aliphatic rings. The summed E-state index contributed by atoms with van der Waals surface area (Å²) < 4.78 is 1.65. The topological polar surface area (TPSA) is 43.6 Å². The summed E-state index contributed by atoms with van der Waals surface area (Å²) in [5.41, 5.74) is 2.27. The molecule has 0 aliphatic carbocycles. The molecule has 0 spiro atoms. The van der Waals surface area contributed by atoms with E-state index in [9.17, 15) is 0 Å². The fraction of sp³-hybridized carbons (Fsp3) is 0.0714. The van der Waals surface area contributed by atoms with Gasteiger partial charge >= 0.3 is 0 Å². The molecule has 0 fully saturated rings. The van der Waals surface area contributed by atoms with Gasteiger partial charge in [-0.3, -0.25) is 4.57 Å². The number of hydrogen-bond donors (Lipinski definition) is 0. The van der Waals surface area contributed by atoms with Gasteiger partial charge in [0.1, 0.15) is 5.15 Å². The number of pyridine rings is 2. The van der Waals surface area contributed by atoms with Gasteiger partial charge in [0.15, 0.2) is 5.82 Å². The van der Waals surface area contributed by atoms with Gasteiger partial charge in [-0.25, -0.2) is 15.0 Å². The van der Waals surface area contributed by atoms with Crippen molar-refractivity contribution in [3.05, 3.63) is 56.8 Å². The molecule has 22 heavy (non-hydrogen) atoms. The maximum Gasteiger partial charge on any atom is 0.209 e. The van der Waals surface area contributed by atoms with Crippen LogP contribution in [0.3, 0.4) is 0 Å². The first-order valence-electron chi connectivity index (χ1n) is 6.15. The number of nitrogens with zero attached hydrogens (tertiary/aromatic N) is 4. The molecule has 0 saturated carbocycles. The highest BCUT2D eigenvalue weighted by Crippen LogP contribution is 2.33. The van der Waals surface area contributed by atoms with E-state index in [-0.39, 0.29) is 5.28 Å². The fourth-order valence-corrected chi connectivity index (χ4v) is 2.98. The summed E-state index contributed by atoms with van der Waals surface area (Å²) in [5, 5.41) is 1.46. The summed E-state index contributed by atoms with van der Waals surface area (Å²) in [7, 11) is 0. The van der Waals surface area contributed by atoms with Crippen molar-refractivity contribution >= 4 is 46.4 Å². The van der Waals surface area contributed by atoms with Crippen LogP contribution in [0.25, 0.3) is 17.1 Å². The van der Waals surface area contributed by atoms with E-state index in [1.165, 1.54) is 6.20 Å². The first kappa shape index (κ1) is 15.6. The number of hydrogen-bond acceptors (Lipinski definition) is 3. The van der Waals surface area contributed by atoms with Crippen LogP contribution in [0.5, 0.6) is 0 Å². The molecule has 3 rings (SSSR count). The molecule has 0 amide bonds. The Morgan fingerprint density at radius 1 is 1.00 bits per heavy atom. The van der Waals surface area contributed by atoms with Crippen LogP contribution in [0.15, 0.2) is 30.6 Å². The predicted octanol–water partition coefficient (Wildman–Crippen LogP) is 5.25. The number of imidazole rings is 1. The average molecular weight is 374 g/mol. The standard InChI is InChI=1S/C14H8Cl4N4/c1-7-12(8-2-3-11(17)19-5-8)22(14(18)21-7)13-10(16)4-9(15)6-20-13/h2-6H,1H3. The van der Waals surface area contributed by atoms with E-state index in [1.54, 1.807) is 22.9 Å². The zero-order valence-corrected chi connectivity index (χ0v) is 14.2. The van der Waals surface area contributed by atoms with Crippen LogP contribution in [0, 0.1) is 6.92 Å². The van der Waals surface area contributed by atoms with Crippen LogP contribution in [-0.4, -0.2) is 19.5 Å². The van der Waals surface area contributed by atoms with Crippen LogP contribution in [0.4, 0.5) is 0 Å². The summed E-state index contributed by atoms with van der Waals surface area (Å²) in [5.74, 6) is 0.446. The summed E-state index contributed by atoms with van der Waals surface area (Å²) in [6, 6.07) is 5.12. The van der Waals surface area contributed by atoms with Gasteiger partial charge in [-0.2, -0.15) is 0 Å². The lowest BCUT2D eigenvalue weighted by Gasteiger charge is -2.11. The first-order chi connectivity index (χ1) is 10.5. The first-order valence-corrected chi connectivity index (χ1v) is 7.66. The van der Waals surface area contributed by atoms with E-state index in [0.29, 0.717) is 21.0 Å². The highest BCUT2D eigenvalue weighted by atomic mass is 35.5. The summed E-state index contributed by atoms with van der Waals surface area (Å²) >= 11 is 24.2. The van der Waals surface area contributed by atoms with E-state index in [1.807, 2.05) is 13.0 Å². The van der Waals surface area contributed by atoms with Gasteiger partial charge in [0.05, 0.1) is 21.4 Å². The largest absolute Gasteiger partial charge is 0.265 e. The second-order valence-corrected chi connectivity index (χ2v) is 6.05. The Kier molecular flexibility index (Phi) is 4.28. The van der Waals surface area contributed by atoms with Gasteiger partial charge in [-0.15, -0.1) is 0 Å². The average Bonchev–Trinajstić information content (AvgIpc) is 2.75. The van der Waals surface area contributed by atoms with Gasteiger partial charge in [0, 0.05) is 18.0 Å². The Morgan fingerprint density at radius 3 is 2.41 bits per heavy atom. The molecule has 0 saturated heterocycles. The third-order valence-corrected chi connectivity index (χ3v) is 3.97. The quantitative estimate of drug-likeness (QED) is 0.576. The van der Waals surface area contributed by atoms with Gasteiger partial charge in [0.2, 0.25) is 5.28 Å². The molecule has 3 aromatic rings. The molecule has 4 nitrogen and oxygen atoms in total. The highest BCUT2D eigenvalue weighted by molar-refractivity contribution is 6.35. The van der Waals surface area contributed by atoms with Crippen molar-refractivity contribution in [3.63, 3.8) is 0 Å². The van der Waals surface area contributed by atoms with Crippen molar-refractivity contribution in [2.75, 3.05) is 0 Å². The number of aryl methyl sites for hydroxylation is 1. The second kappa shape index (κ2) is 6.05. The van der Waals surface area contributed by atoms with Crippen LogP contribution in [0.1, 0.15) is 5.69 Å². The van der Waals surface area contributed by atoms with Crippen molar-refractivity contribution in [2.45, 2.75) is 6.92 Å². The van der Waals surface area contributed by atoms with Crippen molar-refractivity contribution in [1.82, 2.24) is 19.5 Å². The minimum atomic E-state index is 0.249. The summed E-state index contributed by atoms with van der Waals surface area (Å²) in [4.78, 5) is 12.6. The maximum atomic E-state index is 6.25. The molecule has 3 aromatic heterocycles. The molecule has 0 radical (unpaired) electrons. The lowest BCUT2D eigenvalue weighted by Crippen LogP contribution is -2.01. The molecule has 112 valence electrons. The van der Waals surface area contributed by atoms with Gasteiger partial charge in [-0.05, 0) is 36.7 Å². The third-order valence-electron chi connectivity index (χ3n) is 3.01. The second-order valence-electron chi connectivity index (χ2n) is 4.48. The fourth-order valence-electron chi connectivity index (χ4n) is 2.11. The van der Waals surface area contributed by atoms with E-state index in [0.717, 1.165) is 17.0 Å². The van der Waals surface area contributed by atoms with Crippen molar-refractivity contribution in [3.8, 4) is 17.1 Å². The van der Waals surface area contributed by atoms with Gasteiger partial charge in [-0.1, -0.05) is 34.8 Å². The zero-order chi connectivity index (χ0) is 15.9. The molecule has 0 aliphatic heterocycles. The normalized spacial score (nSPS) is 11.0. The number of rotatable bonds is 2. The van der Waals surface area contributed by atoms with E-state index < -0.39 is 0 Å². The molecular weight excluding hydrogens is 366 g/mol. The summed E-state index contributed by atoms with van der Waals surface area (Å²) in [6.45, 7) is 1.84. The van der Waals surface area contributed by atoms with E-state index >= 15 is 0 Å². The monoisotopic (exact) mass is 372 g/mol. The molecule has 0 atom stereocenters. The van der Waals surface area contributed by atoms with E-state index in [4.69, 9.17) is 46.4 Å². The predicted molar refractivity (Wildman–Crippen MR) is 89.4 cm³/mol. The summed E-state index contributed by atoms with van der Waals surface area (Å²) in [6.07, 6.45) is 3.14. The Bertz CT molecular complexity index is 843. The number of aromatic nitrogens is 4. The Hall–Kier alpha value is -1.33. The third kappa shape index (κ3) is 2.79. The minimum Gasteiger partial charge on any atom is -0.265 e. The Labute approximate surface area is 146 Å².